The average molecular weight is 264 g/mol. The van der Waals surface area contributed by atoms with Gasteiger partial charge in [0.1, 0.15) is 6.10 Å². The van der Waals surface area contributed by atoms with Crippen molar-refractivity contribution in [3.8, 4) is 0 Å². The lowest BCUT2D eigenvalue weighted by Crippen LogP contribution is -2.02. The minimum Gasteiger partial charge on any atom is -0.383 e. The molecule has 20 heavy (non-hydrogen) atoms. The van der Waals surface area contributed by atoms with Crippen LogP contribution < -0.4 is 0 Å². The highest BCUT2D eigenvalue weighted by Gasteiger charge is 1.92. The van der Waals surface area contributed by atoms with E-state index in [9.17, 15) is 5.11 Å². The summed E-state index contributed by atoms with van der Waals surface area (Å²) in [5, 5.41) is 9.71. The fourth-order valence-corrected chi connectivity index (χ4v) is 1.53. The van der Waals surface area contributed by atoms with Gasteiger partial charge in [-0.2, -0.15) is 0 Å². The number of nitrogens with zero attached hydrogens (tertiary/aromatic N) is 2. The van der Waals surface area contributed by atoms with Crippen molar-refractivity contribution in [3.63, 3.8) is 0 Å². The summed E-state index contributed by atoms with van der Waals surface area (Å²) in [5.74, 6) is 0. The van der Waals surface area contributed by atoms with Crippen molar-refractivity contribution in [2.45, 2.75) is 6.10 Å². The van der Waals surface area contributed by atoms with Gasteiger partial charge in [-0.3, -0.25) is 9.98 Å². The Hall–Kier alpha value is -2.52. The van der Waals surface area contributed by atoms with Crippen LogP contribution in [0.2, 0.25) is 0 Å². The van der Waals surface area contributed by atoms with Gasteiger partial charge in [-0.1, -0.05) is 36.4 Å². The third-order valence-corrected chi connectivity index (χ3v) is 2.51. The minimum absolute atomic E-state index is 0.725. The first kappa shape index (κ1) is 13.9. The van der Waals surface area contributed by atoms with Crippen molar-refractivity contribution in [1.82, 2.24) is 0 Å². The van der Waals surface area contributed by atoms with Crippen LogP contribution in [0.3, 0.4) is 0 Å². The van der Waals surface area contributed by atoms with E-state index in [4.69, 9.17) is 0 Å². The predicted molar refractivity (Wildman–Crippen MR) is 84.3 cm³/mol. The molecule has 0 spiro atoms. The van der Waals surface area contributed by atoms with Crippen molar-refractivity contribution >= 4 is 23.8 Å². The van der Waals surface area contributed by atoms with Gasteiger partial charge >= 0.3 is 0 Å². The molecule has 3 heteroatoms. The van der Waals surface area contributed by atoms with Crippen LogP contribution in [0, 0.1) is 0 Å². The Morgan fingerprint density at radius 3 is 1.95 bits per heavy atom. The number of aliphatic hydroxyl groups excluding tert-OH is 1. The van der Waals surface area contributed by atoms with Crippen LogP contribution in [-0.4, -0.2) is 23.6 Å². The second kappa shape index (κ2) is 7.81. The molecule has 1 atom stereocenters. The highest BCUT2D eigenvalue weighted by molar-refractivity contribution is 5.77. The van der Waals surface area contributed by atoms with Crippen LogP contribution in [0.25, 0.3) is 0 Å². The molecule has 0 aliphatic carbocycles. The normalized spacial score (nSPS) is 13.4. The summed E-state index contributed by atoms with van der Waals surface area (Å²) in [7, 11) is 0. The molecule has 0 saturated heterocycles. The molecule has 0 amide bonds. The first-order valence-corrected chi connectivity index (χ1v) is 6.38. The highest BCUT2D eigenvalue weighted by Crippen LogP contribution is 2.09. The maximum Gasteiger partial charge on any atom is 0.108 e. The van der Waals surface area contributed by atoms with Gasteiger partial charge in [0.25, 0.3) is 0 Å². The molecule has 2 aromatic carbocycles. The Bertz CT molecular complexity index is 589. The largest absolute Gasteiger partial charge is 0.383 e. The molecule has 0 aliphatic heterocycles. The standard InChI is InChI=1S/C17H16N2O/c20-17(14-19-16-10-5-2-6-11-16)12-7-13-18-15-8-3-1-4-9-15/h1-14,17,20H/b12-7-,18-13?,19-14?/t17-/m0/s1. The van der Waals surface area contributed by atoms with Crippen LogP contribution >= 0.6 is 0 Å². The third kappa shape index (κ3) is 5.00. The molecule has 0 unspecified atom stereocenters. The summed E-state index contributed by atoms with van der Waals surface area (Å²) in [6.45, 7) is 0. The minimum atomic E-state index is -0.725. The number of aliphatic hydroxyl groups is 1. The predicted octanol–water partition coefficient (Wildman–Crippen LogP) is 3.71. The second-order valence-corrected chi connectivity index (χ2v) is 4.10. The molecule has 0 aromatic heterocycles. The third-order valence-electron chi connectivity index (χ3n) is 2.51. The van der Waals surface area contributed by atoms with Gasteiger partial charge in [0.05, 0.1) is 11.4 Å². The number of para-hydroxylation sites is 2. The van der Waals surface area contributed by atoms with Crippen LogP contribution in [0.1, 0.15) is 0 Å². The first-order valence-electron chi connectivity index (χ1n) is 6.38. The molecule has 100 valence electrons. The lowest BCUT2D eigenvalue weighted by Gasteiger charge is -1.96. The summed E-state index contributed by atoms with van der Waals surface area (Å²) in [6.07, 6.45) is 5.74. The lowest BCUT2D eigenvalue weighted by atomic mass is 10.3. The maximum absolute atomic E-state index is 9.71. The summed E-state index contributed by atoms with van der Waals surface area (Å²) < 4.78 is 0. The molecule has 0 radical (unpaired) electrons. The fourth-order valence-electron chi connectivity index (χ4n) is 1.53. The van der Waals surface area contributed by atoms with Gasteiger partial charge in [-0.25, -0.2) is 0 Å². The fraction of sp³-hybridized carbons (Fsp3) is 0.0588. The quantitative estimate of drug-likeness (QED) is 0.822. The molecule has 2 rings (SSSR count). The Labute approximate surface area is 118 Å². The summed E-state index contributed by atoms with van der Waals surface area (Å²) in [5.41, 5.74) is 1.70. The lowest BCUT2D eigenvalue weighted by molar-refractivity contribution is 0.294. The Morgan fingerprint density at radius 1 is 0.800 bits per heavy atom. The van der Waals surface area contributed by atoms with E-state index in [2.05, 4.69) is 9.98 Å². The molecule has 0 saturated carbocycles. The average Bonchev–Trinajstić information content (AvgIpc) is 2.52. The number of hydrogen-bond acceptors (Lipinski definition) is 3. The monoisotopic (exact) mass is 264 g/mol. The number of hydrogen-bond donors (Lipinski definition) is 1. The molecular weight excluding hydrogens is 248 g/mol. The van der Waals surface area contributed by atoms with Gasteiger partial charge in [-0.15, -0.1) is 0 Å². The van der Waals surface area contributed by atoms with E-state index in [0.29, 0.717) is 0 Å². The summed E-state index contributed by atoms with van der Waals surface area (Å²) in [6, 6.07) is 19.1. The molecule has 0 fully saturated rings. The van der Waals surface area contributed by atoms with Gasteiger partial charge < -0.3 is 5.11 Å². The van der Waals surface area contributed by atoms with Crippen molar-refractivity contribution in [1.29, 1.82) is 0 Å². The number of allylic oxidation sites excluding steroid dienone is 1. The second-order valence-electron chi connectivity index (χ2n) is 4.10. The number of benzene rings is 2. The van der Waals surface area contributed by atoms with Crippen LogP contribution in [0.5, 0.6) is 0 Å². The number of aliphatic imine (C=N–C) groups is 2. The van der Waals surface area contributed by atoms with Gasteiger partial charge in [0.2, 0.25) is 0 Å². The van der Waals surface area contributed by atoms with Crippen LogP contribution in [-0.2, 0) is 0 Å². The molecule has 2 aromatic rings. The van der Waals surface area contributed by atoms with E-state index in [1.54, 1.807) is 18.4 Å². The SMILES string of the molecule is O[C@H](C=Nc1ccccc1)/C=C\C=Nc1ccccc1. The molecule has 0 bridgehead atoms. The first-order chi connectivity index (χ1) is 9.84. The van der Waals surface area contributed by atoms with E-state index < -0.39 is 6.10 Å². The molecule has 0 aliphatic rings. The van der Waals surface area contributed by atoms with Crippen LogP contribution in [0.15, 0.2) is 82.8 Å². The Balaban J connectivity index is 1.85. The van der Waals surface area contributed by atoms with E-state index >= 15 is 0 Å². The zero-order chi connectivity index (χ0) is 14.0. The van der Waals surface area contributed by atoms with Crippen molar-refractivity contribution in [3.05, 3.63) is 72.8 Å². The van der Waals surface area contributed by atoms with Crippen molar-refractivity contribution in [2.75, 3.05) is 0 Å². The van der Waals surface area contributed by atoms with E-state index in [-0.39, 0.29) is 0 Å². The topological polar surface area (TPSA) is 45.0 Å². The van der Waals surface area contributed by atoms with Gasteiger partial charge in [-0.05, 0) is 36.4 Å². The van der Waals surface area contributed by atoms with Crippen molar-refractivity contribution < 1.29 is 5.11 Å². The van der Waals surface area contributed by atoms with E-state index in [1.165, 1.54) is 6.21 Å². The maximum atomic E-state index is 9.71. The van der Waals surface area contributed by atoms with E-state index in [1.807, 2.05) is 60.7 Å². The summed E-state index contributed by atoms with van der Waals surface area (Å²) in [4.78, 5) is 8.40. The highest BCUT2D eigenvalue weighted by atomic mass is 16.3. The summed E-state index contributed by atoms with van der Waals surface area (Å²) >= 11 is 0. The van der Waals surface area contributed by atoms with E-state index in [0.717, 1.165) is 11.4 Å². The molecule has 0 heterocycles. The van der Waals surface area contributed by atoms with Gasteiger partial charge in [0, 0.05) is 12.4 Å². The zero-order valence-corrected chi connectivity index (χ0v) is 11.0. The molecule has 3 nitrogen and oxygen atoms in total. The Kier molecular flexibility index (Phi) is 5.43. The number of rotatable bonds is 5. The Morgan fingerprint density at radius 2 is 1.35 bits per heavy atom. The molecule has 1 N–H and O–H groups in total. The smallest absolute Gasteiger partial charge is 0.108 e. The molecular formula is C17H16N2O. The zero-order valence-electron chi connectivity index (χ0n) is 11.0. The van der Waals surface area contributed by atoms with Crippen LogP contribution in [0.4, 0.5) is 11.4 Å². The van der Waals surface area contributed by atoms with Crippen molar-refractivity contribution in [2.24, 2.45) is 9.98 Å². The van der Waals surface area contributed by atoms with Gasteiger partial charge in [0.15, 0.2) is 0 Å².